The fourth-order valence-electron chi connectivity index (χ4n) is 3.01. The Balaban J connectivity index is 1.83. The second-order valence-corrected chi connectivity index (χ2v) is 7.47. The van der Waals surface area contributed by atoms with Crippen molar-refractivity contribution < 1.29 is 9.47 Å². The van der Waals surface area contributed by atoms with Crippen LogP contribution in [0, 0.1) is 6.92 Å². The molecule has 2 rings (SSSR count). The third-order valence-electron chi connectivity index (χ3n) is 4.80. The van der Waals surface area contributed by atoms with Gasteiger partial charge in [-0.15, -0.1) is 0 Å². The summed E-state index contributed by atoms with van der Waals surface area (Å²) < 4.78 is 11.1. The van der Waals surface area contributed by atoms with Crippen molar-refractivity contribution in [1.82, 2.24) is 10.6 Å². The van der Waals surface area contributed by atoms with Gasteiger partial charge in [-0.05, 0) is 42.7 Å². The van der Waals surface area contributed by atoms with Gasteiger partial charge in [-0.3, -0.25) is 4.99 Å². The predicted molar refractivity (Wildman–Crippen MR) is 126 cm³/mol. The third-order valence-corrected chi connectivity index (χ3v) is 4.80. The summed E-state index contributed by atoms with van der Waals surface area (Å²) in [5.41, 5.74) is 4.81. The second-order valence-electron chi connectivity index (χ2n) is 7.47. The quantitative estimate of drug-likeness (QED) is 0.337. The number of anilines is 1. The van der Waals surface area contributed by atoms with Crippen molar-refractivity contribution >= 4 is 11.6 Å². The smallest absolute Gasteiger partial charge is 0.191 e. The molecule has 0 fully saturated rings. The molecular formula is C24H36N4O2. The first-order valence-corrected chi connectivity index (χ1v) is 10.5. The fraction of sp³-hybridized carbons (Fsp3) is 0.458. The molecule has 2 N–H and O–H groups in total. The molecule has 0 amide bonds. The number of guanidine groups is 1. The Labute approximate surface area is 181 Å². The molecule has 0 unspecified atom stereocenters. The van der Waals surface area contributed by atoms with Crippen molar-refractivity contribution in [2.45, 2.75) is 26.3 Å². The van der Waals surface area contributed by atoms with E-state index in [0.29, 0.717) is 19.8 Å². The molecule has 0 saturated carbocycles. The molecule has 6 nitrogen and oxygen atoms in total. The number of rotatable bonds is 11. The van der Waals surface area contributed by atoms with Gasteiger partial charge in [-0.2, -0.15) is 0 Å². The summed E-state index contributed by atoms with van der Waals surface area (Å²) in [6, 6.07) is 14.9. The first-order valence-electron chi connectivity index (χ1n) is 10.5. The molecule has 164 valence electrons. The largest absolute Gasteiger partial charge is 0.493 e. The van der Waals surface area contributed by atoms with E-state index in [1.54, 1.807) is 14.2 Å². The molecule has 6 heteroatoms. The van der Waals surface area contributed by atoms with E-state index in [1.165, 1.54) is 16.8 Å². The summed E-state index contributed by atoms with van der Waals surface area (Å²) in [7, 11) is 7.60. The van der Waals surface area contributed by atoms with Gasteiger partial charge in [0.2, 0.25) is 0 Å². The van der Waals surface area contributed by atoms with Crippen LogP contribution >= 0.6 is 0 Å². The normalized spacial score (nSPS) is 11.3. The standard InChI is InChI=1S/C24H36N4O2/c1-19-7-10-21(23(17-19)30-16-6-15-29-5)18-27-24(25-2)26-14-13-20-8-11-22(12-9-20)28(3)4/h7-12,17H,6,13-16,18H2,1-5H3,(H2,25,26,27). The summed E-state index contributed by atoms with van der Waals surface area (Å²) in [5.74, 6) is 1.70. The maximum atomic E-state index is 5.97. The van der Waals surface area contributed by atoms with Crippen LogP contribution in [0.4, 0.5) is 5.69 Å². The van der Waals surface area contributed by atoms with Crippen LogP contribution in [0.2, 0.25) is 0 Å². The molecule has 0 heterocycles. The van der Waals surface area contributed by atoms with Gasteiger partial charge in [0.05, 0.1) is 6.61 Å². The van der Waals surface area contributed by atoms with Crippen LogP contribution < -0.4 is 20.3 Å². The lowest BCUT2D eigenvalue weighted by Crippen LogP contribution is -2.37. The summed E-state index contributed by atoms with van der Waals surface area (Å²) >= 11 is 0. The Morgan fingerprint density at radius 2 is 1.80 bits per heavy atom. The zero-order valence-electron chi connectivity index (χ0n) is 19.0. The van der Waals surface area contributed by atoms with E-state index in [4.69, 9.17) is 9.47 Å². The fourth-order valence-corrected chi connectivity index (χ4v) is 3.01. The van der Waals surface area contributed by atoms with Crippen molar-refractivity contribution in [2.24, 2.45) is 4.99 Å². The van der Waals surface area contributed by atoms with Crippen molar-refractivity contribution in [3.63, 3.8) is 0 Å². The second kappa shape index (κ2) is 12.8. The number of nitrogens with one attached hydrogen (secondary N) is 2. The average Bonchev–Trinajstić information content (AvgIpc) is 2.75. The minimum Gasteiger partial charge on any atom is -0.493 e. The highest BCUT2D eigenvalue weighted by molar-refractivity contribution is 5.79. The van der Waals surface area contributed by atoms with E-state index >= 15 is 0 Å². The van der Waals surface area contributed by atoms with Gasteiger partial charge in [0.25, 0.3) is 0 Å². The number of nitrogens with zero attached hydrogens (tertiary/aromatic N) is 2. The van der Waals surface area contributed by atoms with Gasteiger partial charge >= 0.3 is 0 Å². The van der Waals surface area contributed by atoms with Crippen molar-refractivity contribution in [1.29, 1.82) is 0 Å². The van der Waals surface area contributed by atoms with E-state index in [-0.39, 0.29) is 0 Å². The van der Waals surface area contributed by atoms with Crippen LogP contribution in [-0.2, 0) is 17.7 Å². The zero-order chi connectivity index (χ0) is 21.8. The van der Waals surface area contributed by atoms with E-state index in [9.17, 15) is 0 Å². The lowest BCUT2D eigenvalue weighted by molar-refractivity contribution is 0.172. The van der Waals surface area contributed by atoms with E-state index in [2.05, 4.69) is 84.0 Å². The first kappa shape index (κ1) is 23.5. The molecular weight excluding hydrogens is 376 g/mol. The lowest BCUT2D eigenvalue weighted by Gasteiger charge is -2.16. The molecule has 0 aliphatic heterocycles. The maximum absolute atomic E-state index is 5.97. The van der Waals surface area contributed by atoms with Crippen LogP contribution in [0.1, 0.15) is 23.1 Å². The van der Waals surface area contributed by atoms with E-state index in [0.717, 1.165) is 36.7 Å². The highest BCUT2D eigenvalue weighted by atomic mass is 16.5. The minimum atomic E-state index is 0.643. The number of hydrogen-bond acceptors (Lipinski definition) is 4. The molecule has 0 bridgehead atoms. The molecule has 0 saturated heterocycles. The monoisotopic (exact) mass is 412 g/mol. The van der Waals surface area contributed by atoms with Gasteiger partial charge in [0.15, 0.2) is 5.96 Å². The Kier molecular flexibility index (Phi) is 10.0. The minimum absolute atomic E-state index is 0.643. The molecule has 0 radical (unpaired) electrons. The topological polar surface area (TPSA) is 58.1 Å². The molecule has 0 spiro atoms. The maximum Gasteiger partial charge on any atom is 0.191 e. The zero-order valence-corrected chi connectivity index (χ0v) is 19.0. The molecule has 0 aliphatic carbocycles. The number of aliphatic imine (C=N–C) groups is 1. The number of ether oxygens (including phenoxy) is 2. The van der Waals surface area contributed by atoms with Gasteiger partial charge in [0.1, 0.15) is 5.75 Å². The molecule has 30 heavy (non-hydrogen) atoms. The van der Waals surface area contributed by atoms with Crippen LogP contribution in [0.15, 0.2) is 47.5 Å². The molecule has 2 aromatic carbocycles. The SMILES string of the molecule is CN=C(NCCc1ccc(N(C)C)cc1)NCc1ccc(C)cc1OCCCOC. The van der Waals surface area contributed by atoms with Crippen molar-refractivity contribution in [3.8, 4) is 5.75 Å². The summed E-state index contributed by atoms with van der Waals surface area (Å²) in [6.45, 7) is 4.88. The summed E-state index contributed by atoms with van der Waals surface area (Å²) in [5, 5.41) is 6.77. The Morgan fingerprint density at radius 1 is 1.03 bits per heavy atom. The van der Waals surface area contributed by atoms with Crippen LogP contribution in [0.25, 0.3) is 0 Å². The van der Waals surface area contributed by atoms with Crippen LogP contribution in [-0.4, -0.2) is 54.0 Å². The van der Waals surface area contributed by atoms with Gasteiger partial charge < -0.3 is 25.0 Å². The lowest BCUT2D eigenvalue weighted by atomic mass is 10.1. The Morgan fingerprint density at radius 3 is 2.47 bits per heavy atom. The predicted octanol–water partition coefficient (Wildman–Crippen LogP) is 3.38. The van der Waals surface area contributed by atoms with E-state index < -0.39 is 0 Å². The summed E-state index contributed by atoms with van der Waals surface area (Å²) in [4.78, 5) is 6.44. The molecule has 0 aromatic heterocycles. The van der Waals surface area contributed by atoms with Crippen LogP contribution in [0.5, 0.6) is 5.75 Å². The van der Waals surface area contributed by atoms with Crippen molar-refractivity contribution in [2.75, 3.05) is 52.9 Å². The highest BCUT2D eigenvalue weighted by Gasteiger charge is 2.06. The molecule has 0 aliphatic rings. The first-order chi connectivity index (χ1) is 14.5. The Bertz CT molecular complexity index is 788. The Hall–Kier alpha value is -2.73. The van der Waals surface area contributed by atoms with E-state index in [1.807, 2.05) is 0 Å². The average molecular weight is 413 g/mol. The summed E-state index contributed by atoms with van der Waals surface area (Å²) in [6.07, 6.45) is 1.81. The van der Waals surface area contributed by atoms with Gasteiger partial charge in [-0.1, -0.05) is 24.3 Å². The number of benzene rings is 2. The van der Waals surface area contributed by atoms with Gasteiger partial charge in [-0.25, -0.2) is 0 Å². The third kappa shape index (κ3) is 7.95. The van der Waals surface area contributed by atoms with Gasteiger partial charge in [0, 0.05) is 65.6 Å². The highest BCUT2D eigenvalue weighted by Crippen LogP contribution is 2.20. The van der Waals surface area contributed by atoms with Crippen molar-refractivity contribution in [3.05, 3.63) is 59.2 Å². The number of hydrogen-bond donors (Lipinski definition) is 2. The number of methoxy groups -OCH3 is 1. The molecule has 2 aromatic rings. The van der Waals surface area contributed by atoms with Crippen LogP contribution in [0.3, 0.4) is 0 Å². The molecule has 0 atom stereocenters. The number of aryl methyl sites for hydroxylation is 1.